The summed E-state index contributed by atoms with van der Waals surface area (Å²) in [4.78, 5) is 39.4. The Morgan fingerprint density at radius 3 is 2.59 bits per heavy atom. The molecule has 1 amide bonds. The zero-order chi connectivity index (χ0) is 20.2. The molecule has 2 fully saturated rings. The van der Waals surface area contributed by atoms with Gasteiger partial charge in [0.15, 0.2) is 6.61 Å². The zero-order valence-electron chi connectivity index (χ0n) is 16.8. The first-order valence-electron chi connectivity index (χ1n) is 10.8. The van der Waals surface area contributed by atoms with Crippen molar-refractivity contribution in [1.82, 2.24) is 4.90 Å². The molecule has 2 saturated carbocycles. The van der Waals surface area contributed by atoms with E-state index in [2.05, 4.69) is 6.08 Å². The molecule has 0 spiro atoms. The molecular formula is C23H29NO5. The standard InChI is InChI=1S/C23H29NO5/c25-21(24(14-20-10-5-11-28-20)19-8-2-1-3-9-19)15-29-23(27)18-12-16-6-4-7-17(13-18)22(16)26/h5,8,10-11,16-18H,1-4,6-7,9,12-15H2/t16-,17-/m0/s1. The summed E-state index contributed by atoms with van der Waals surface area (Å²) in [5.74, 6) is 0.203. The summed E-state index contributed by atoms with van der Waals surface area (Å²) in [6.07, 6.45) is 11.6. The van der Waals surface area contributed by atoms with Crippen molar-refractivity contribution < 1.29 is 23.5 Å². The van der Waals surface area contributed by atoms with Crippen LogP contribution in [0.5, 0.6) is 0 Å². The molecule has 0 aromatic carbocycles. The highest BCUT2D eigenvalue weighted by Gasteiger charge is 2.42. The Morgan fingerprint density at radius 2 is 1.93 bits per heavy atom. The normalized spacial score (nSPS) is 26.6. The molecule has 3 aliphatic rings. The number of nitrogens with zero attached hydrogens (tertiary/aromatic N) is 1. The van der Waals surface area contributed by atoms with Crippen LogP contribution in [0.15, 0.2) is 34.6 Å². The molecule has 6 nitrogen and oxygen atoms in total. The molecule has 0 radical (unpaired) electrons. The first-order valence-corrected chi connectivity index (χ1v) is 10.8. The molecule has 3 aliphatic carbocycles. The fraction of sp³-hybridized carbons (Fsp3) is 0.609. The Balaban J connectivity index is 1.36. The van der Waals surface area contributed by atoms with Gasteiger partial charge in [0.05, 0.1) is 18.7 Å². The molecule has 29 heavy (non-hydrogen) atoms. The van der Waals surface area contributed by atoms with Gasteiger partial charge in [-0.05, 0) is 63.5 Å². The number of ketones is 1. The van der Waals surface area contributed by atoms with E-state index in [4.69, 9.17) is 9.15 Å². The largest absolute Gasteiger partial charge is 0.467 e. The van der Waals surface area contributed by atoms with Gasteiger partial charge < -0.3 is 14.1 Å². The smallest absolute Gasteiger partial charge is 0.309 e. The predicted octanol–water partition coefficient (Wildman–Crippen LogP) is 4.00. The van der Waals surface area contributed by atoms with Crippen molar-refractivity contribution in [2.75, 3.05) is 6.61 Å². The number of amides is 1. The predicted molar refractivity (Wildman–Crippen MR) is 105 cm³/mol. The number of ether oxygens (including phenoxy) is 1. The van der Waals surface area contributed by atoms with Crippen molar-refractivity contribution in [2.45, 2.75) is 64.3 Å². The van der Waals surface area contributed by atoms with E-state index in [1.165, 1.54) is 0 Å². The van der Waals surface area contributed by atoms with Crippen molar-refractivity contribution in [3.63, 3.8) is 0 Å². The topological polar surface area (TPSA) is 76.8 Å². The van der Waals surface area contributed by atoms with Crippen LogP contribution in [0.2, 0.25) is 0 Å². The van der Waals surface area contributed by atoms with E-state index >= 15 is 0 Å². The third-order valence-corrected chi connectivity index (χ3v) is 6.53. The average Bonchev–Trinajstić information content (AvgIpc) is 3.24. The molecule has 6 heteroatoms. The summed E-state index contributed by atoms with van der Waals surface area (Å²) in [6, 6.07) is 3.64. The molecule has 2 bridgehead atoms. The van der Waals surface area contributed by atoms with Gasteiger partial charge in [-0.2, -0.15) is 0 Å². The maximum Gasteiger partial charge on any atom is 0.309 e. The maximum atomic E-state index is 12.9. The van der Waals surface area contributed by atoms with Crippen LogP contribution in [0.25, 0.3) is 0 Å². The van der Waals surface area contributed by atoms with Crippen molar-refractivity contribution in [3.05, 3.63) is 35.9 Å². The molecule has 1 aromatic rings. The van der Waals surface area contributed by atoms with Crippen LogP contribution in [0.3, 0.4) is 0 Å². The van der Waals surface area contributed by atoms with Gasteiger partial charge in [-0.25, -0.2) is 0 Å². The summed E-state index contributed by atoms with van der Waals surface area (Å²) in [5, 5.41) is 0. The van der Waals surface area contributed by atoms with E-state index in [0.717, 1.165) is 50.6 Å². The first kappa shape index (κ1) is 19.9. The highest BCUT2D eigenvalue weighted by atomic mass is 16.5. The third-order valence-electron chi connectivity index (χ3n) is 6.53. The molecule has 2 atom stereocenters. The summed E-state index contributed by atoms with van der Waals surface area (Å²) >= 11 is 0. The van der Waals surface area contributed by atoms with Crippen LogP contribution in [0.4, 0.5) is 0 Å². The Morgan fingerprint density at radius 1 is 1.14 bits per heavy atom. The number of carbonyl (C=O) groups is 3. The summed E-state index contributed by atoms with van der Waals surface area (Å²) in [6.45, 7) is 0.0773. The molecule has 1 heterocycles. The van der Waals surface area contributed by atoms with Crippen LogP contribution in [-0.4, -0.2) is 29.2 Å². The molecule has 0 unspecified atom stereocenters. The number of rotatable bonds is 6. The van der Waals surface area contributed by atoms with Crippen molar-refractivity contribution in [2.24, 2.45) is 17.8 Å². The monoisotopic (exact) mass is 399 g/mol. The highest BCUT2D eigenvalue weighted by molar-refractivity contribution is 5.88. The number of allylic oxidation sites excluding steroid dienone is 2. The molecule has 156 valence electrons. The van der Waals surface area contributed by atoms with Crippen LogP contribution < -0.4 is 0 Å². The van der Waals surface area contributed by atoms with Gasteiger partial charge in [0.25, 0.3) is 5.91 Å². The lowest BCUT2D eigenvalue weighted by atomic mass is 9.67. The third kappa shape index (κ3) is 4.62. The van der Waals surface area contributed by atoms with Crippen LogP contribution in [-0.2, 0) is 25.7 Å². The van der Waals surface area contributed by atoms with E-state index < -0.39 is 0 Å². The lowest BCUT2D eigenvalue weighted by Crippen LogP contribution is -2.40. The fourth-order valence-corrected chi connectivity index (χ4v) is 4.98. The Bertz CT molecular complexity index is 765. The number of esters is 1. The molecule has 0 N–H and O–H groups in total. The Hall–Kier alpha value is -2.37. The summed E-state index contributed by atoms with van der Waals surface area (Å²) < 4.78 is 10.9. The van der Waals surface area contributed by atoms with Gasteiger partial charge in [0.1, 0.15) is 11.5 Å². The van der Waals surface area contributed by atoms with Gasteiger partial charge >= 0.3 is 5.97 Å². The minimum Gasteiger partial charge on any atom is -0.467 e. The van der Waals surface area contributed by atoms with Crippen molar-refractivity contribution in [3.8, 4) is 0 Å². The molecule has 4 rings (SSSR count). The number of Topliss-reactive ketones (excluding diaryl/α,β-unsaturated/α-hetero) is 1. The van der Waals surface area contributed by atoms with Gasteiger partial charge in [0.2, 0.25) is 0 Å². The first-order chi connectivity index (χ1) is 14.1. The second-order valence-electron chi connectivity index (χ2n) is 8.50. The van der Waals surface area contributed by atoms with Crippen LogP contribution >= 0.6 is 0 Å². The van der Waals surface area contributed by atoms with Gasteiger partial charge in [0, 0.05) is 17.5 Å². The van der Waals surface area contributed by atoms with Crippen molar-refractivity contribution >= 4 is 17.7 Å². The minimum absolute atomic E-state index is 0.00130. The van der Waals surface area contributed by atoms with E-state index in [1.54, 1.807) is 17.2 Å². The fourth-order valence-electron chi connectivity index (χ4n) is 4.98. The van der Waals surface area contributed by atoms with Gasteiger partial charge in [-0.1, -0.05) is 12.5 Å². The number of carbonyl (C=O) groups excluding carboxylic acids is 3. The second-order valence-corrected chi connectivity index (χ2v) is 8.50. The molecule has 0 aliphatic heterocycles. The minimum atomic E-state index is -0.335. The second kappa shape index (κ2) is 8.97. The van der Waals surface area contributed by atoms with E-state index in [9.17, 15) is 14.4 Å². The van der Waals surface area contributed by atoms with E-state index in [0.29, 0.717) is 30.9 Å². The lowest BCUT2D eigenvalue weighted by molar-refractivity contribution is -0.158. The summed E-state index contributed by atoms with van der Waals surface area (Å²) in [5.41, 5.74) is 0.978. The molecular weight excluding hydrogens is 370 g/mol. The van der Waals surface area contributed by atoms with Crippen LogP contribution in [0, 0.1) is 17.8 Å². The average molecular weight is 399 g/mol. The van der Waals surface area contributed by atoms with Gasteiger partial charge in [-0.3, -0.25) is 14.4 Å². The Kier molecular flexibility index (Phi) is 6.16. The molecule has 1 aromatic heterocycles. The van der Waals surface area contributed by atoms with Crippen molar-refractivity contribution in [1.29, 1.82) is 0 Å². The lowest BCUT2D eigenvalue weighted by Gasteiger charge is -2.36. The SMILES string of the molecule is O=C(OCC(=O)N(Cc1ccco1)C1=CCCCC1)C1C[C@@H]2CCC[C@@H](C1)C2=O. The maximum absolute atomic E-state index is 12.9. The summed E-state index contributed by atoms with van der Waals surface area (Å²) in [7, 11) is 0. The van der Waals surface area contributed by atoms with E-state index in [-0.39, 0.29) is 36.2 Å². The Labute approximate surface area is 171 Å². The van der Waals surface area contributed by atoms with Crippen LogP contribution in [0.1, 0.15) is 63.5 Å². The van der Waals surface area contributed by atoms with Gasteiger partial charge in [-0.15, -0.1) is 0 Å². The number of furan rings is 1. The number of hydrogen-bond donors (Lipinski definition) is 0. The number of hydrogen-bond acceptors (Lipinski definition) is 5. The molecule has 0 saturated heterocycles. The number of fused-ring (bicyclic) bond motifs is 2. The quantitative estimate of drug-likeness (QED) is 0.676. The highest BCUT2D eigenvalue weighted by Crippen LogP contribution is 2.40. The van der Waals surface area contributed by atoms with E-state index in [1.807, 2.05) is 6.07 Å². The zero-order valence-corrected chi connectivity index (χ0v) is 16.8.